The van der Waals surface area contributed by atoms with Crippen molar-refractivity contribution in [1.82, 2.24) is 0 Å². The summed E-state index contributed by atoms with van der Waals surface area (Å²) in [6.45, 7) is 3.85. The number of aryl methyl sites for hydroxylation is 2. The molecule has 224 valence electrons. The Labute approximate surface area is 267 Å². The van der Waals surface area contributed by atoms with Gasteiger partial charge in [-0.15, -0.1) is 0 Å². The van der Waals surface area contributed by atoms with Gasteiger partial charge in [-0.2, -0.15) is 0 Å². The summed E-state index contributed by atoms with van der Waals surface area (Å²) in [5.41, 5.74) is 1.91. The van der Waals surface area contributed by atoms with Crippen molar-refractivity contribution in [3.63, 3.8) is 0 Å². The van der Waals surface area contributed by atoms with Gasteiger partial charge in [0.15, 0.2) is 0 Å². The fraction of sp³-hybridized carbons (Fsp3) is 0.152. The van der Waals surface area contributed by atoms with Crippen molar-refractivity contribution in [3.05, 3.63) is 140 Å². The second-order valence-corrected chi connectivity index (χ2v) is 17.1. The molecule has 0 aliphatic rings. The minimum atomic E-state index is -3.88. The second-order valence-electron chi connectivity index (χ2n) is 9.42. The van der Waals surface area contributed by atoms with Gasteiger partial charge in [-0.05, 0) is 0 Å². The van der Waals surface area contributed by atoms with Gasteiger partial charge in [0.1, 0.15) is 0 Å². The molecule has 4 rings (SSSR count). The quantitative estimate of drug-likeness (QED) is 0.106. The molecule has 0 N–H and O–H groups in total. The molecule has 43 heavy (non-hydrogen) atoms. The van der Waals surface area contributed by atoms with Crippen LogP contribution >= 0.6 is 0 Å². The molecule has 0 unspecified atom stereocenters. The molecule has 0 bridgehead atoms. The fourth-order valence-electron chi connectivity index (χ4n) is 3.65. The summed E-state index contributed by atoms with van der Waals surface area (Å²) in [7, 11) is -7.77. The molecule has 0 atom stereocenters. The van der Waals surface area contributed by atoms with Crippen LogP contribution in [0.15, 0.2) is 139 Å². The van der Waals surface area contributed by atoms with E-state index in [0.29, 0.717) is 0 Å². The van der Waals surface area contributed by atoms with E-state index >= 15 is 0 Å². The van der Waals surface area contributed by atoms with Crippen LogP contribution in [-0.4, -0.2) is 60.0 Å². The summed E-state index contributed by atoms with van der Waals surface area (Å²) in [6.07, 6.45) is 0.276. The van der Waals surface area contributed by atoms with Gasteiger partial charge >= 0.3 is 269 Å². The number of rotatable bonds is 14. The van der Waals surface area contributed by atoms with E-state index in [1.165, 1.54) is 0 Å². The Hall–Kier alpha value is -3.10. The first-order valence-corrected chi connectivity index (χ1v) is 20.0. The van der Waals surface area contributed by atoms with E-state index in [0.717, 1.165) is 20.1 Å². The molecule has 0 fully saturated rings. The van der Waals surface area contributed by atoms with Crippen LogP contribution in [0, 0.1) is 13.8 Å². The molecule has 0 saturated carbocycles. The predicted molar refractivity (Wildman–Crippen MR) is 173 cm³/mol. The summed E-state index contributed by atoms with van der Waals surface area (Å²) >= 11 is -0.551. The summed E-state index contributed by atoms with van der Waals surface area (Å²) in [5.74, 6) is 0. The van der Waals surface area contributed by atoms with Gasteiger partial charge in [-0.1, -0.05) is 0 Å². The molecule has 6 nitrogen and oxygen atoms in total. The molecule has 0 aromatic heterocycles. The molecular weight excluding hydrogens is 714 g/mol. The Morgan fingerprint density at radius 3 is 1.26 bits per heavy atom. The molecule has 0 heterocycles. The fourth-order valence-corrected chi connectivity index (χ4v) is 10.5. The van der Waals surface area contributed by atoms with Crippen molar-refractivity contribution < 1.29 is 26.3 Å². The van der Waals surface area contributed by atoms with Crippen LogP contribution < -0.4 is 8.92 Å². The van der Waals surface area contributed by atoms with Crippen molar-refractivity contribution in [2.24, 2.45) is 0 Å². The monoisotopic (exact) mass is 748 g/mol. The Balaban J connectivity index is 1.47. The molecule has 0 aliphatic heterocycles. The standard InChI is InChI=1S/C33H32O6S2Se2/c1-26-14-18-28(19-15-26)40(34,35)32(24-42-30-10-5-3-6-11-30)38-22-9-23-39-33(25-43-31-12-7-4-8-13-31)41(36,37)29-20-16-27(2)17-21-29/h3-8,10-21,24-25H,9,22-23H2,1-2H3/b32-24+,33-25+. The van der Waals surface area contributed by atoms with Gasteiger partial charge in [0.05, 0.1) is 0 Å². The van der Waals surface area contributed by atoms with Gasteiger partial charge in [-0.25, -0.2) is 0 Å². The first kappa shape index (κ1) is 32.8. The Morgan fingerprint density at radius 2 is 0.907 bits per heavy atom. The van der Waals surface area contributed by atoms with Crippen LogP contribution in [-0.2, 0) is 29.1 Å². The molecule has 4 aromatic rings. The second kappa shape index (κ2) is 15.6. The third-order valence-corrected chi connectivity index (χ3v) is 13.7. The molecule has 0 spiro atoms. The zero-order valence-electron chi connectivity index (χ0n) is 23.8. The van der Waals surface area contributed by atoms with Crippen molar-refractivity contribution in [2.45, 2.75) is 30.1 Å². The summed E-state index contributed by atoms with van der Waals surface area (Å²) in [4.78, 5) is 3.58. The predicted octanol–water partition coefficient (Wildman–Crippen LogP) is 4.63. The van der Waals surface area contributed by atoms with E-state index in [9.17, 15) is 16.8 Å². The average molecular weight is 747 g/mol. The minimum absolute atomic E-state index is 0.0312. The van der Waals surface area contributed by atoms with E-state index in [1.807, 2.05) is 74.5 Å². The summed E-state index contributed by atoms with van der Waals surface area (Å²) in [6, 6.07) is 32.5. The normalized spacial score (nSPS) is 12.6. The van der Waals surface area contributed by atoms with Crippen LogP contribution in [0.4, 0.5) is 0 Å². The molecule has 4 aromatic carbocycles. The maximum absolute atomic E-state index is 13.5. The molecule has 0 radical (unpaired) electrons. The van der Waals surface area contributed by atoms with Crippen LogP contribution in [0.25, 0.3) is 0 Å². The van der Waals surface area contributed by atoms with Crippen molar-refractivity contribution >= 4 is 58.5 Å². The van der Waals surface area contributed by atoms with Gasteiger partial charge in [-0.3, -0.25) is 0 Å². The van der Waals surface area contributed by atoms with Gasteiger partial charge in [0.2, 0.25) is 0 Å². The number of sulfone groups is 2. The van der Waals surface area contributed by atoms with E-state index in [4.69, 9.17) is 9.47 Å². The maximum atomic E-state index is 13.5. The van der Waals surface area contributed by atoms with E-state index in [2.05, 4.69) is 0 Å². The van der Waals surface area contributed by atoms with Crippen LogP contribution in [0.5, 0.6) is 0 Å². The Bertz CT molecular complexity index is 1620. The number of hydrogen-bond donors (Lipinski definition) is 0. The SMILES string of the molecule is Cc1ccc(S(=O)(=O)/C(=C/[Se]c2ccccc2)OCCCO/C(=C\[Se]c2ccccc2)S(=O)(=O)c2ccc(C)cc2)cc1. The van der Waals surface area contributed by atoms with Gasteiger partial charge < -0.3 is 0 Å². The number of hydrogen-bond acceptors (Lipinski definition) is 6. The Kier molecular flexibility index (Phi) is 11.9. The first-order valence-electron chi connectivity index (χ1n) is 13.4. The molecule has 0 saturated heterocycles. The van der Waals surface area contributed by atoms with Crippen molar-refractivity contribution in [3.8, 4) is 0 Å². The van der Waals surface area contributed by atoms with E-state index in [-0.39, 0.29) is 69.5 Å². The molecule has 0 amide bonds. The zero-order valence-corrected chi connectivity index (χ0v) is 28.8. The van der Waals surface area contributed by atoms with Crippen molar-refractivity contribution in [2.75, 3.05) is 13.2 Å². The average Bonchev–Trinajstić information content (AvgIpc) is 3.01. The summed E-state index contributed by atoms with van der Waals surface area (Å²) < 4.78 is 67.6. The van der Waals surface area contributed by atoms with Gasteiger partial charge in [0.25, 0.3) is 0 Å². The third kappa shape index (κ3) is 9.44. The molecule has 0 aliphatic carbocycles. The van der Waals surface area contributed by atoms with Crippen LogP contribution in [0.2, 0.25) is 0 Å². The number of ether oxygens (including phenoxy) is 2. The molecular formula is C33H32O6S2Se2. The molecule has 10 heteroatoms. The van der Waals surface area contributed by atoms with E-state index < -0.39 is 19.7 Å². The number of benzene rings is 4. The van der Waals surface area contributed by atoms with Gasteiger partial charge in [0, 0.05) is 0 Å². The van der Waals surface area contributed by atoms with Crippen LogP contribution in [0.3, 0.4) is 0 Å². The summed E-state index contributed by atoms with van der Waals surface area (Å²) in [5, 5.41) is -0.230. The topological polar surface area (TPSA) is 86.7 Å². The van der Waals surface area contributed by atoms with Crippen molar-refractivity contribution in [1.29, 1.82) is 0 Å². The van der Waals surface area contributed by atoms with E-state index in [1.54, 1.807) is 58.5 Å². The zero-order chi connectivity index (χ0) is 30.7. The first-order chi connectivity index (χ1) is 20.7. The van der Waals surface area contributed by atoms with Crippen LogP contribution in [0.1, 0.15) is 17.5 Å². The third-order valence-electron chi connectivity index (χ3n) is 6.04. The Morgan fingerprint density at radius 1 is 0.558 bits per heavy atom.